The van der Waals surface area contributed by atoms with Gasteiger partial charge in [-0.1, -0.05) is 49.4 Å². The third kappa shape index (κ3) is 4.35. The Balaban J connectivity index is 1.57. The molecule has 25 heavy (non-hydrogen) atoms. The molecule has 0 aliphatic carbocycles. The zero-order valence-corrected chi connectivity index (χ0v) is 14.6. The van der Waals surface area contributed by atoms with Crippen LogP contribution in [0.4, 0.5) is 0 Å². The third-order valence-electron chi connectivity index (χ3n) is 4.29. The number of hydrogen-bond acceptors (Lipinski definition) is 2. The van der Waals surface area contributed by atoms with E-state index in [2.05, 4.69) is 40.0 Å². The molecule has 128 valence electrons. The zero-order valence-electron chi connectivity index (χ0n) is 14.6. The van der Waals surface area contributed by atoms with Gasteiger partial charge in [0.1, 0.15) is 5.82 Å². The maximum absolute atomic E-state index is 12.1. The molecule has 2 aromatic carbocycles. The van der Waals surface area contributed by atoms with E-state index in [0.29, 0.717) is 12.5 Å². The molecule has 4 heteroatoms. The second-order valence-electron chi connectivity index (χ2n) is 6.38. The van der Waals surface area contributed by atoms with E-state index in [1.807, 2.05) is 43.5 Å². The zero-order chi connectivity index (χ0) is 17.6. The van der Waals surface area contributed by atoms with Crippen LogP contribution in [0.25, 0.3) is 16.8 Å². The Bertz CT molecular complexity index is 890. The lowest BCUT2D eigenvalue weighted by molar-refractivity contribution is -0.116. The van der Waals surface area contributed by atoms with Crippen LogP contribution in [0.1, 0.15) is 18.3 Å². The van der Waals surface area contributed by atoms with Gasteiger partial charge in [0, 0.05) is 31.6 Å². The van der Waals surface area contributed by atoms with E-state index in [1.54, 1.807) is 12.3 Å². The van der Waals surface area contributed by atoms with Gasteiger partial charge in [0.15, 0.2) is 0 Å². The molecule has 0 spiro atoms. The number of aryl methyl sites for hydroxylation is 1. The highest BCUT2D eigenvalue weighted by Crippen LogP contribution is 2.19. The third-order valence-corrected chi connectivity index (χ3v) is 4.29. The monoisotopic (exact) mass is 333 g/mol. The summed E-state index contributed by atoms with van der Waals surface area (Å²) in [7, 11) is 0. The van der Waals surface area contributed by atoms with Gasteiger partial charge < -0.3 is 9.88 Å². The number of nitrogens with zero attached hydrogens (tertiary/aromatic N) is 2. The van der Waals surface area contributed by atoms with Crippen LogP contribution in [0, 0.1) is 12.8 Å². The van der Waals surface area contributed by atoms with Crippen molar-refractivity contribution in [3.8, 4) is 0 Å². The molecule has 3 aromatic rings. The molecule has 0 aliphatic rings. The van der Waals surface area contributed by atoms with Gasteiger partial charge in [-0.25, -0.2) is 4.98 Å². The molecule has 1 atom stereocenters. The molecule has 0 radical (unpaired) electrons. The predicted octanol–water partition coefficient (Wildman–Crippen LogP) is 3.81. The number of fused-ring (bicyclic) bond motifs is 1. The summed E-state index contributed by atoms with van der Waals surface area (Å²) in [5.74, 6) is 1.26. The van der Waals surface area contributed by atoms with Crippen molar-refractivity contribution in [3.05, 3.63) is 72.3 Å². The second kappa shape index (κ2) is 7.79. The Hall–Kier alpha value is -2.88. The topological polar surface area (TPSA) is 46.9 Å². The highest BCUT2D eigenvalue weighted by Gasteiger charge is 2.06. The number of aromatic nitrogens is 2. The van der Waals surface area contributed by atoms with Crippen molar-refractivity contribution in [2.24, 2.45) is 5.92 Å². The maximum atomic E-state index is 12.1. The normalized spacial score (nSPS) is 12.6. The fourth-order valence-corrected chi connectivity index (χ4v) is 2.89. The summed E-state index contributed by atoms with van der Waals surface area (Å²) in [4.78, 5) is 16.3. The first-order chi connectivity index (χ1) is 12.1. The van der Waals surface area contributed by atoms with Crippen LogP contribution in [-0.4, -0.2) is 22.0 Å². The van der Waals surface area contributed by atoms with Gasteiger partial charge in [-0.05, 0) is 35.3 Å². The number of imidazole rings is 1. The lowest BCUT2D eigenvalue weighted by atomic mass is 10.0. The minimum atomic E-state index is -0.0675. The van der Waals surface area contributed by atoms with Crippen molar-refractivity contribution < 1.29 is 4.79 Å². The van der Waals surface area contributed by atoms with Crippen LogP contribution in [0.2, 0.25) is 0 Å². The molecule has 0 aliphatic heterocycles. The Kier molecular flexibility index (Phi) is 5.29. The molecule has 1 amide bonds. The van der Waals surface area contributed by atoms with Gasteiger partial charge in [0.2, 0.25) is 5.91 Å². The van der Waals surface area contributed by atoms with E-state index in [4.69, 9.17) is 0 Å². The SMILES string of the molecule is Cc1nccn1CC(C)CNC(=O)/C=C/c1cccc2ccccc12. The van der Waals surface area contributed by atoms with E-state index in [0.717, 1.165) is 23.3 Å². The molecule has 3 rings (SSSR count). The van der Waals surface area contributed by atoms with Crippen LogP contribution >= 0.6 is 0 Å². The van der Waals surface area contributed by atoms with E-state index in [-0.39, 0.29) is 5.91 Å². The molecule has 1 aromatic heterocycles. The van der Waals surface area contributed by atoms with Crippen LogP contribution < -0.4 is 5.32 Å². The van der Waals surface area contributed by atoms with Crippen LogP contribution in [-0.2, 0) is 11.3 Å². The van der Waals surface area contributed by atoms with Gasteiger partial charge in [-0.15, -0.1) is 0 Å². The molecule has 0 bridgehead atoms. The Morgan fingerprint density at radius 1 is 1.24 bits per heavy atom. The van der Waals surface area contributed by atoms with Crippen molar-refractivity contribution in [2.45, 2.75) is 20.4 Å². The Morgan fingerprint density at radius 3 is 2.84 bits per heavy atom. The lowest BCUT2D eigenvalue weighted by Crippen LogP contribution is -2.28. The highest BCUT2D eigenvalue weighted by atomic mass is 16.1. The van der Waals surface area contributed by atoms with E-state index < -0.39 is 0 Å². The largest absolute Gasteiger partial charge is 0.352 e. The summed E-state index contributed by atoms with van der Waals surface area (Å²) in [6, 6.07) is 14.3. The smallest absolute Gasteiger partial charge is 0.244 e. The van der Waals surface area contributed by atoms with E-state index in [1.165, 1.54) is 5.39 Å². The second-order valence-corrected chi connectivity index (χ2v) is 6.38. The van der Waals surface area contributed by atoms with Gasteiger partial charge in [-0.2, -0.15) is 0 Å². The lowest BCUT2D eigenvalue weighted by Gasteiger charge is -2.13. The molecule has 0 saturated heterocycles. The first-order valence-corrected chi connectivity index (χ1v) is 8.55. The van der Waals surface area contributed by atoms with Gasteiger partial charge in [-0.3, -0.25) is 4.79 Å². The first-order valence-electron chi connectivity index (χ1n) is 8.55. The Morgan fingerprint density at radius 2 is 2.04 bits per heavy atom. The number of carbonyl (C=O) groups excluding carboxylic acids is 1. The molecule has 4 nitrogen and oxygen atoms in total. The Labute approximate surface area is 148 Å². The van der Waals surface area contributed by atoms with Crippen molar-refractivity contribution in [1.29, 1.82) is 0 Å². The summed E-state index contributed by atoms with van der Waals surface area (Å²) >= 11 is 0. The molecular formula is C21H23N3O. The van der Waals surface area contributed by atoms with Crippen LogP contribution in [0.5, 0.6) is 0 Å². The van der Waals surface area contributed by atoms with Crippen LogP contribution in [0.15, 0.2) is 60.9 Å². The molecule has 1 N–H and O–H groups in total. The summed E-state index contributed by atoms with van der Waals surface area (Å²) in [5, 5.41) is 5.30. The summed E-state index contributed by atoms with van der Waals surface area (Å²) in [5.41, 5.74) is 1.05. The fourth-order valence-electron chi connectivity index (χ4n) is 2.89. The number of rotatable bonds is 6. The molecular weight excluding hydrogens is 310 g/mol. The molecule has 0 saturated carbocycles. The van der Waals surface area contributed by atoms with Gasteiger partial charge in [0.25, 0.3) is 0 Å². The average molecular weight is 333 g/mol. The van der Waals surface area contributed by atoms with Gasteiger partial charge >= 0.3 is 0 Å². The number of hydrogen-bond donors (Lipinski definition) is 1. The van der Waals surface area contributed by atoms with Crippen molar-refractivity contribution >= 4 is 22.8 Å². The number of amides is 1. The average Bonchev–Trinajstić information content (AvgIpc) is 3.02. The highest BCUT2D eigenvalue weighted by molar-refractivity contribution is 5.96. The summed E-state index contributed by atoms with van der Waals surface area (Å²) < 4.78 is 2.10. The van der Waals surface area contributed by atoms with E-state index >= 15 is 0 Å². The quantitative estimate of drug-likeness (QED) is 0.697. The van der Waals surface area contributed by atoms with Crippen molar-refractivity contribution in [1.82, 2.24) is 14.9 Å². The predicted molar refractivity (Wildman–Crippen MR) is 102 cm³/mol. The van der Waals surface area contributed by atoms with Crippen molar-refractivity contribution in [3.63, 3.8) is 0 Å². The summed E-state index contributed by atoms with van der Waals surface area (Å²) in [6.07, 6.45) is 7.25. The van der Waals surface area contributed by atoms with E-state index in [9.17, 15) is 4.79 Å². The van der Waals surface area contributed by atoms with Crippen molar-refractivity contribution in [2.75, 3.05) is 6.54 Å². The summed E-state index contributed by atoms with van der Waals surface area (Å²) in [6.45, 7) is 5.59. The number of benzene rings is 2. The minimum Gasteiger partial charge on any atom is -0.352 e. The molecule has 0 fully saturated rings. The molecule has 1 unspecified atom stereocenters. The minimum absolute atomic E-state index is 0.0675. The number of carbonyl (C=O) groups is 1. The number of nitrogens with one attached hydrogen (secondary N) is 1. The maximum Gasteiger partial charge on any atom is 0.244 e. The standard InChI is InChI=1S/C21H23N3O/c1-16(15-24-13-12-22-17(24)2)14-23-21(25)11-10-19-8-5-7-18-6-3-4-9-20(18)19/h3-13,16H,14-15H2,1-2H3,(H,23,25)/b11-10+. The molecule has 1 heterocycles. The van der Waals surface area contributed by atoms with Crippen LogP contribution in [0.3, 0.4) is 0 Å². The fraction of sp³-hybridized carbons (Fsp3) is 0.238. The van der Waals surface area contributed by atoms with Gasteiger partial charge in [0.05, 0.1) is 0 Å². The first kappa shape index (κ1) is 17.0.